The number of piperidine rings is 1. The van der Waals surface area contributed by atoms with Crippen molar-refractivity contribution in [3.63, 3.8) is 0 Å². The summed E-state index contributed by atoms with van der Waals surface area (Å²) in [6, 6.07) is 0.465. The fraction of sp³-hybridized carbons (Fsp3) is 0.909. The monoisotopic (exact) mass is 196 g/mol. The molecule has 2 aliphatic heterocycles. The lowest BCUT2D eigenvalue weighted by molar-refractivity contribution is -0.130. The third-order valence-corrected chi connectivity index (χ3v) is 3.67. The average Bonchev–Trinajstić information content (AvgIpc) is 2.65. The van der Waals surface area contributed by atoms with E-state index in [0.29, 0.717) is 11.9 Å². The summed E-state index contributed by atoms with van der Waals surface area (Å²) in [5.41, 5.74) is 0. The quantitative estimate of drug-likeness (QED) is 0.714. The van der Waals surface area contributed by atoms with E-state index < -0.39 is 0 Å². The highest BCUT2D eigenvalue weighted by molar-refractivity contribution is 5.78. The molecule has 80 valence electrons. The molecule has 0 radical (unpaired) electrons. The van der Waals surface area contributed by atoms with Crippen LogP contribution in [-0.2, 0) is 4.79 Å². The molecule has 2 fully saturated rings. The fourth-order valence-corrected chi connectivity index (χ4v) is 2.68. The van der Waals surface area contributed by atoms with Crippen molar-refractivity contribution in [2.24, 2.45) is 5.92 Å². The van der Waals surface area contributed by atoms with E-state index in [1.54, 1.807) is 0 Å². The number of carbonyl (C=O) groups excluding carboxylic acids is 1. The zero-order valence-corrected chi connectivity index (χ0v) is 8.96. The predicted octanol–water partition coefficient (Wildman–Crippen LogP) is 0.997. The van der Waals surface area contributed by atoms with Crippen LogP contribution in [0.5, 0.6) is 0 Å². The summed E-state index contributed by atoms with van der Waals surface area (Å²) >= 11 is 0. The predicted molar refractivity (Wildman–Crippen MR) is 56.0 cm³/mol. The minimum absolute atomic E-state index is 0.371. The molecule has 2 saturated heterocycles. The topological polar surface area (TPSA) is 32.3 Å². The van der Waals surface area contributed by atoms with Gasteiger partial charge in [-0.2, -0.15) is 0 Å². The molecule has 0 saturated carbocycles. The van der Waals surface area contributed by atoms with E-state index in [0.717, 1.165) is 38.4 Å². The Kier molecular flexibility index (Phi) is 3.06. The Morgan fingerprint density at radius 3 is 2.71 bits per heavy atom. The summed E-state index contributed by atoms with van der Waals surface area (Å²) < 4.78 is 0. The summed E-state index contributed by atoms with van der Waals surface area (Å²) in [4.78, 5) is 13.7. The van der Waals surface area contributed by atoms with E-state index >= 15 is 0 Å². The van der Waals surface area contributed by atoms with Crippen LogP contribution < -0.4 is 5.32 Å². The second-order valence-electron chi connectivity index (χ2n) is 4.52. The van der Waals surface area contributed by atoms with E-state index in [-0.39, 0.29) is 0 Å². The van der Waals surface area contributed by atoms with Crippen LogP contribution >= 0.6 is 0 Å². The molecule has 14 heavy (non-hydrogen) atoms. The molecule has 0 aromatic heterocycles. The second kappa shape index (κ2) is 4.30. The fourth-order valence-electron chi connectivity index (χ4n) is 2.68. The zero-order chi connectivity index (χ0) is 9.97. The number of nitrogens with zero attached hydrogens (tertiary/aromatic N) is 1. The van der Waals surface area contributed by atoms with Crippen molar-refractivity contribution in [1.29, 1.82) is 0 Å². The molecule has 1 atom stereocenters. The number of hydrogen-bond acceptors (Lipinski definition) is 2. The number of amides is 1. The van der Waals surface area contributed by atoms with Gasteiger partial charge in [-0.05, 0) is 45.2 Å². The molecular weight excluding hydrogens is 176 g/mol. The summed E-state index contributed by atoms with van der Waals surface area (Å²) in [5, 5.41) is 3.37. The maximum atomic E-state index is 11.6. The van der Waals surface area contributed by atoms with Crippen LogP contribution in [0.2, 0.25) is 0 Å². The standard InChI is InChI=1S/C11H20N2O/c1-9(10-4-6-12-7-5-10)13-8-2-3-11(13)14/h9-10,12H,2-8H2,1H3. The van der Waals surface area contributed by atoms with E-state index in [1.807, 2.05) is 0 Å². The van der Waals surface area contributed by atoms with Crippen LogP contribution in [0.1, 0.15) is 32.6 Å². The highest BCUT2D eigenvalue weighted by atomic mass is 16.2. The molecular formula is C11H20N2O. The Morgan fingerprint density at radius 1 is 1.43 bits per heavy atom. The van der Waals surface area contributed by atoms with Gasteiger partial charge in [0.25, 0.3) is 0 Å². The number of nitrogens with one attached hydrogen (secondary N) is 1. The maximum Gasteiger partial charge on any atom is 0.222 e. The molecule has 3 nitrogen and oxygen atoms in total. The van der Waals surface area contributed by atoms with Gasteiger partial charge in [-0.3, -0.25) is 4.79 Å². The van der Waals surface area contributed by atoms with Crippen molar-refractivity contribution in [3.8, 4) is 0 Å². The molecule has 0 bridgehead atoms. The van der Waals surface area contributed by atoms with Crippen molar-refractivity contribution in [3.05, 3.63) is 0 Å². The Hall–Kier alpha value is -0.570. The lowest BCUT2D eigenvalue weighted by atomic mass is 9.90. The van der Waals surface area contributed by atoms with Gasteiger partial charge in [0, 0.05) is 19.0 Å². The van der Waals surface area contributed by atoms with E-state index in [1.165, 1.54) is 12.8 Å². The van der Waals surface area contributed by atoms with Crippen molar-refractivity contribution in [2.45, 2.75) is 38.6 Å². The molecule has 0 aromatic rings. The second-order valence-corrected chi connectivity index (χ2v) is 4.52. The molecule has 0 aliphatic carbocycles. The number of likely N-dealkylation sites (tertiary alicyclic amines) is 1. The van der Waals surface area contributed by atoms with Gasteiger partial charge in [-0.1, -0.05) is 0 Å². The van der Waals surface area contributed by atoms with Crippen LogP contribution in [0.4, 0.5) is 0 Å². The van der Waals surface area contributed by atoms with Gasteiger partial charge in [0.1, 0.15) is 0 Å². The van der Waals surface area contributed by atoms with E-state index in [2.05, 4.69) is 17.1 Å². The largest absolute Gasteiger partial charge is 0.340 e. The Morgan fingerprint density at radius 2 is 2.14 bits per heavy atom. The first-order valence-electron chi connectivity index (χ1n) is 5.79. The number of carbonyl (C=O) groups is 1. The minimum Gasteiger partial charge on any atom is -0.340 e. The lowest BCUT2D eigenvalue weighted by Gasteiger charge is -2.34. The summed E-state index contributed by atoms with van der Waals surface area (Å²) in [6.45, 7) is 5.46. The number of hydrogen-bond donors (Lipinski definition) is 1. The minimum atomic E-state index is 0.371. The van der Waals surface area contributed by atoms with Crippen LogP contribution in [0, 0.1) is 5.92 Å². The van der Waals surface area contributed by atoms with Gasteiger partial charge in [-0.25, -0.2) is 0 Å². The van der Waals surface area contributed by atoms with Crippen LogP contribution in [-0.4, -0.2) is 36.5 Å². The first-order chi connectivity index (χ1) is 6.79. The molecule has 1 N–H and O–H groups in total. The molecule has 2 heterocycles. The Labute approximate surface area is 85.8 Å². The Balaban J connectivity index is 1.92. The average molecular weight is 196 g/mol. The van der Waals surface area contributed by atoms with E-state index in [9.17, 15) is 4.79 Å². The third kappa shape index (κ3) is 1.92. The molecule has 1 amide bonds. The highest BCUT2D eigenvalue weighted by Crippen LogP contribution is 2.24. The van der Waals surface area contributed by atoms with Gasteiger partial charge in [0.15, 0.2) is 0 Å². The highest BCUT2D eigenvalue weighted by Gasteiger charge is 2.30. The van der Waals surface area contributed by atoms with Crippen molar-refractivity contribution in [1.82, 2.24) is 10.2 Å². The maximum absolute atomic E-state index is 11.6. The zero-order valence-electron chi connectivity index (χ0n) is 8.96. The molecule has 0 spiro atoms. The van der Waals surface area contributed by atoms with E-state index in [4.69, 9.17) is 0 Å². The van der Waals surface area contributed by atoms with Gasteiger partial charge >= 0.3 is 0 Å². The van der Waals surface area contributed by atoms with Crippen LogP contribution in [0.25, 0.3) is 0 Å². The molecule has 2 aliphatic rings. The molecule has 0 aromatic carbocycles. The smallest absolute Gasteiger partial charge is 0.222 e. The van der Waals surface area contributed by atoms with Crippen LogP contribution in [0.15, 0.2) is 0 Å². The van der Waals surface area contributed by atoms with Gasteiger partial charge in [0.05, 0.1) is 0 Å². The first-order valence-corrected chi connectivity index (χ1v) is 5.79. The number of rotatable bonds is 2. The van der Waals surface area contributed by atoms with Gasteiger partial charge < -0.3 is 10.2 Å². The summed E-state index contributed by atoms with van der Waals surface area (Å²) in [6.07, 6.45) is 4.29. The first kappa shape index (κ1) is 9.97. The van der Waals surface area contributed by atoms with Crippen molar-refractivity contribution >= 4 is 5.91 Å². The van der Waals surface area contributed by atoms with Gasteiger partial charge in [0.2, 0.25) is 5.91 Å². The third-order valence-electron chi connectivity index (χ3n) is 3.67. The molecule has 3 heteroatoms. The Bertz CT molecular complexity index is 211. The van der Waals surface area contributed by atoms with Crippen LogP contribution in [0.3, 0.4) is 0 Å². The molecule has 1 unspecified atom stereocenters. The summed E-state index contributed by atoms with van der Waals surface area (Å²) in [5.74, 6) is 1.09. The lowest BCUT2D eigenvalue weighted by Crippen LogP contribution is -2.43. The SMILES string of the molecule is CC(C1CCNCC1)N1CCCC1=O. The molecule has 2 rings (SSSR count). The van der Waals surface area contributed by atoms with Gasteiger partial charge in [-0.15, -0.1) is 0 Å². The van der Waals surface area contributed by atoms with Crippen molar-refractivity contribution < 1.29 is 4.79 Å². The normalized spacial score (nSPS) is 26.9. The summed E-state index contributed by atoms with van der Waals surface area (Å²) in [7, 11) is 0. The van der Waals surface area contributed by atoms with Crippen molar-refractivity contribution in [2.75, 3.05) is 19.6 Å².